The molecule has 2 aromatic rings. The van der Waals surface area contributed by atoms with Crippen LogP contribution >= 0.6 is 0 Å². The molecule has 48 heavy (non-hydrogen) atoms. The first-order valence-electron chi connectivity index (χ1n) is 15.7. The van der Waals surface area contributed by atoms with Gasteiger partial charge in [0.1, 0.15) is 23.7 Å². The predicted octanol–water partition coefficient (Wildman–Crippen LogP) is 3.07. The molecule has 3 fully saturated rings. The third-order valence-electron chi connectivity index (χ3n) is 9.34. The van der Waals surface area contributed by atoms with E-state index in [9.17, 15) is 32.3 Å². The highest BCUT2D eigenvalue weighted by Crippen LogP contribution is 2.36. The summed E-state index contributed by atoms with van der Waals surface area (Å²) >= 11 is 0. The van der Waals surface area contributed by atoms with E-state index in [0.29, 0.717) is 39.3 Å². The number of aromatic nitrogens is 1. The molecule has 3 atom stereocenters. The van der Waals surface area contributed by atoms with E-state index in [1.165, 1.54) is 42.0 Å². The summed E-state index contributed by atoms with van der Waals surface area (Å²) in [6.07, 6.45) is -3.47. The van der Waals surface area contributed by atoms with E-state index in [-0.39, 0.29) is 53.6 Å². The van der Waals surface area contributed by atoms with Crippen molar-refractivity contribution in [3.05, 3.63) is 60.1 Å². The molecule has 1 aromatic heterocycles. The van der Waals surface area contributed by atoms with E-state index < -0.39 is 41.5 Å². The zero-order valence-corrected chi connectivity index (χ0v) is 27.3. The Morgan fingerprint density at radius 2 is 1.85 bits per heavy atom. The molecule has 1 aromatic carbocycles. The lowest BCUT2D eigenvalue weighted by Gasteiger charge is -2.49. The van der Waals surface area contributed by atoms with Crippen LogP contribution < -0.4 is 14.7 Å². The van der Waals surface area contributed by atoms with Crippen LogP contribution in [-0.4, -0.2) is 115 Å². The number of benzene rings is 1. The van der Waals surface area contributed by atoms with Gasteiger partial charge in [-0.05, 0) is 50.6 Å². The van der Waals surface area contributed by atoms with Crippen molar-refractivity contribution in [1.29, 1.82) is 0 Å². The second-order valence-electron chi connectivity index (χ2n) is 12.5. The van der Waals surface area contributed by atoms with Gasteiger partial charge in [-0.2, -0.15) is 13.2 Å². The van der Waals surface area contributed by atoms with Gasteiger partial charge in [0.05, 0.1) is 23.0 Å². The van der Waals surface area contributed by atoms with E-state index in [0.717, 1.165) is 17.0 Å². The van der Waals surface area contributed by atoms with Crippen molar-refractivity contribution in [2.24, 2.45) is 0 Å². The summed E-state index contributed by atoms with van der Waals surface area (Å²) in [5.41, 5.74) is -0.570. The number of aryl methyl sites for hydroxylation is 1. The van der Waals surface area contributed by atoms with Gasteiger partial charge in [-0.25, -0.2) is 9.37 Å². The maximum Gasteiger partial charge on any atom is 0.416 e. The number of carbonyl (C=O) groups is 4. The number of anilines is 3. The normalized spacial score (nSPS) is 21.8. The molecular formula is C33H39F4N7O4. The Hall–Kier alpha value is -4.53. The fourth-order valence-corrected chi connectivity index (χ4v) is 6.77. The van der Waals surface area contributed by atoms with Crippen LogP contribution in [0.3, 0.4) is 0 Å². The van der Waals surface area contributed by atoms with E-state index in [1.54, 1.807) is 29.8 Å². The summed E-state index contributed by atoms with van der Waals surface area (Å²) in [5.74, 6) is -2.38. The average Bonchev–Trinajstić information content (AvgIpc) is 3.44. The second kappa shape index (κ2) is 13.5. The molecule has 4 heterocycles. The number of piperazine rings is 2. The number of alkyl halides is 3. The molecule has 0 saturated carbocycles. The van der Waals surface area contributed by atoms with Gasteiger partial charge < -0.3 is 19.6 Å². The Morgan fingerprint density at radius 1 is 1.12 bits per heavy atom. The van der Waals surface area contributed by atoms with Crippen LogP contribution in [0.2, 0.25) is 0 Å². The zero-order chi connectivity index (χ0) is 35.1. The van der Waals surface area contributed by atoms with Crippen LogP contribution in [-0.2, 0) is 25.4 Å². The van der Waals surface area contributed by atoms with Gasteiger partial charge in [-0.15, -0.1) is 0 Å². The highest BCUT2D eigenvalue weighted by molar-refractivity contribution is 6.09. The van der Waals surface area contributed by atoms with Gasteiger partial charge in [-0.1, -0.05) is 12.6 Å². The summed E-state index contributed by atoms with van der Waals surface area (Å²) in [6.45, 7) is 9.46. The van der Waals surface area contributed by atoms with Gasteiger partial charge in [0, 0.05) is 65.5 Å². The Labute approximate surface area is 276 Å². The third-order valence-corrected chi connectivity index (χ3v) is 9.34. The van der Waals surface area contributed by atoms with Crippen LogP contribution in [0.5, 0.6) is 0 Å². The van der Waals surface area contributed by atoms with Crippen molar-refractivity contribution in [3.63, 3.8) is 0 Å². The lowest BCUT2D eigenvalue weighted by Crippen LogP contribution is -2.67. The number of halogens is 4. The lowest BCUT2D eigenvalue weighted by atomic mass is 10.0. The first-order chi connectivity index (χ1) is 22.6. The van der Waals surface area contributed by atoms with Crippen molar-refractivity contribution in [2.75, 3.05) is 68.1 Å². The average molecular weight is 674 g/mol. The third kappa shape index (κ3) is 6.73. The number of hydrogen-bond donors (Lipinski definition) is 0. The number of likely N-dealkylation sites (N-methyl/N-ethyl adjacent to an activating group) is 2. The molecule has 0 aliphatic carbocycles. The number of carbonyl (C=O) groups excluding carboxylic acids is 4. The first-order valence-corrected chi connectivity index (χ1v) is 15.7. The van der Waals surface area contributed by atoms with Crippen LogP contribution in [0, 0.1) is 12.7 Å². The molecule has 0 radical (unpaired) electrons. The second-order valence-corrected chi connectivity index (χ2v) is 12.5. The van der Waals surface area contributed by atoms with E-state index in [4.69, 9.17) is 0 Å². The number of fused-ring (bicyclic) bond motifs is 1. The molecule has 11 nitrogen and oxygen atoms in total. The van der Waals surface area contributed by atoms with Crippen LogP contribution in [0.25, 0.3) is 0 Å². The van der Waals surface area contributed by atoms with E-state index in [2.05, 4.69) is 16.5 Å². The molecule has 3 aliphatic heterocycles. The predicted molar refractivity (Wildman–Crippen MR) is 171 cm³/mol. The molecule has 4 amide bonds. The van der Waals surface area contributed by atoms with Gasteiger partial charge >= 0.3 is 6.18 Å². The number of rotatable bonds is 8. The summed E-state index contributed by atoms with van der Waals surface area (Å²) in [7, 11) is 3.13. The van der Waals surface area contributed by atoms with Crippen molar-refractivity contribution in [2.45, 2.75) is 51.0 Å². The minimum absolute atomic E-state index is 0.0433. The fraction of sp³-hybridized carbons (Fsp3) is 0.485. The fourth-order valence-electron chi connectivity index (χ4n) is 6.77. The lowest BCUT2D eigenvalue weighted by molar-refractivity contribution is -0.155. The SMILES string of the molecule is C=CC(=O)N1CC2CN(CCN(C)c3c(F)cccc3N(C)C(=O)C3CCC(=O)N3c3cc(C(F)(F)F)cc(C)n3)CCN2C(=O)C1C. The van der Waals surface area contributed by atoms with Crippen molar-refractivity contribution in [1.82, 2.24) is 19.7 Å². The van der Waals surface area contributed by atoms with Crippen molar-refractivity contribution in [3.8, 4) is 0 Å². The smallest absolute Gasteiger partial charge is 0.369 e. The minimum Gasteiger partial charge on any atom is -0.369 e. The van der Waals surface area contributed by atoms with Crippen LogP contribution in [0.4, 0.5) is 34.8 Å². The molecule has 3 aliphatic rings. The molecular weight excluding hydrogens is 634 g/mol. The van der Waals surface area contributed by atoms with E-state index in [1.807, 2.05) is 0 Å². The first kappa shape index (κ1) is 34.8. The molecule has 0 N–H and O–H groups in total. The molecule has 15 heteroatoms. The summed E-state index contributed by atoms with van der Waals surface area (Å²) < 4.78 is 56.1. The monoisotopic (exact) mass is 673 g/mol. The van der Waals surface area contributed by atoms with Gasteiger partial charge in [-0.3, -0.25) is 29.0 Å². The summed E-state index contributed by atoms with van der Waals surface area (Å²) in [5, 5.41) is 0. The van der Waals surface area contributed by atoms with Crippen LogP contribution in [0.1, 0.15) is 31.0 Å². The maximum absolute atomic E-state index is 15.5. The quantitative estimate of drug-likeness (QED) is 0.314. The molecule has 0 bridgehead atoms. The molecule has 258 valence electrons. The topological polar surface area (TPSA) is 101 Å². The Bertz CT molecular complexity index is 1620. The summed E-state index contributed by atoms with van der Waals surface area (Å²) in [4.78, 5) is 65.6. The van der Waals surface area contributed by atoms with Crippen molar-refractivity contribution >= 4 is 40.8 Å². The standard InChI is InChI=1S/C33H39F4N7O4/c1-6-28(45)43-19-23-18-41(14-15-42(23)31(47)21(43)3)13-12-39(4)30-24(34)8-7-9-25(30)40(5)32(48)26-10-11-29(46)44(26)27-17-22(33(35,36)37)16-20(2)38-27/h6-9,16-17,21,23,26H,1,10-15,18-19H2,2-5H3. The molecule has 5 rings (SSSR count). The van der Waals surface area contributed by atoms with Gasteiger partial charge in [0.25, 0.3) is 0 Å². The minimum atomic E-state index is -4.67. The zero-order valence-electron chi connectivity index (χ0n) is 27.3. The molecule has 3 saturated heterocycles. The maximum atomic E-state index is 15.5. The largest absolute Gasteiger partial charge is 0.416 e. The number of amides is 4. The number of hydrogen-bond acceptors (Lipinski definition) is 7. The summed E-state index contributed by atoms with van der Waals surface area (Å²) in [6, 6.07) is 4.03. The van der Waals surface area contributed by atoms with Crippen LogP contribution in [0.15, 0.2) is 43.0 Å². The highest BCUT2D eigenvalue weighted by Gasteiger charge is 2.43. The highest BCUT2D eigenvalue weighted by atomic mass is 19.4. The number of nitrogens with zero attached hydrogens (tertiary/aromatic N) is 7. The van der Waals surface area contributed by atoms with Gasteiger partial charge in [0.2, 0.25) is 23.6 Å². The van der Waals surface area contributed by atoms with Crippen molar-refractivity contribution < 1.29 is 36.7 Å². The molecule has 0 spiro atoms. The molecule has 3 unspecified atom stereocenters. The van der Waals surface area contributed by atoms with E-state index >= 15 is 4.39 Å². The Kier molecular flexibility index (Phi) is 9.81. The Balaban J connectivity index is 1.31. The Morgan fingerprint density at radius 3 is 2.54 bits per heavy atom. The van der Waals surface area contributed by atoms with Gasteiger partial charge in [0.15, 0.2) is 0 Å². The number of para-hydroxylation sites is 1. The number of pyridine rings is 1.